The number of rotatable bonds is 0. The van der Waals surface area contributed by atoms with Crippen LogP contribution in [-0.2, 0) is 6.42 Å². The zero-order chi connectivity index (χ0) is 14.8. The molecule has 0 fully saturated rings. The van der Waals surface area contributed by atoms with E-state index in [0.717, 1.165) is 45.4 Å². The van der Waals surface area contributed by atoms with Crippen LogP contribution in [0.15, 0.2) is 42.5 Å². The van der Waals surface area contributed by atoms with Crippen LogP contribution in [0.3, 0.4) is 0 Å². The third kappa shape index (κ3) is 1.38. The third-order valence-electron chi connectivity index (χ3n) is 4.68. The normalized spacial score (nSPS) is 13.6. The molecule has 2 heterocycles. The largest absolute Gasteiger partial charge is 0.352 e. The number of para-hydroxylation sites is 1. The maximum Gasteiger partial charge on any atom is 0.225 e. The van der Waals surface area contributed by atoms with Gasteiger partial charge in [-0.15, -0.1) is 0 Å². The third-order valence-corrected chi connectivity index (χ3v) is 4.68. The molecule has 1 aliphatic carbocycles. The lowest BCUT2D eigenvalue weighted by atomic mass is 9.91. The lowest BCUT2D eigenvalue weighted by Gasteiger charge is -2.12. The van der Waals surface area contributed by atoms with E-state index in [1.165, 1.54) is 10.9 Å². The fourth-order valence-corrected chi connectivity index (χ4v) is 3.62. The van der Waals surface area contributed by atoms with Crippen molar-refractivity contribution in [1.82, 2.24) is 9.97 Å². The molecule has 0 radical (unpaired) electrons. The summed E-state index contributed by atoms with van der Waals surface area (Å²) in [5, 5.41) is 2.32. The molecule has 0 bridgehead atoms. The number of carbonyl (C=O) groups is 1. The molecule has 0 atom stereocenters. The summed E-state index contributed by atoms with van der Waals surface area (Å²) in [5.41, 5.74) is 7.00. The highest BCUT2D eigenvalue weighted by Gasteiger charge is 2.29. The Morgan fingerprint density at radius 2 is 1.55 bits per heavy atom. The van der Waals surface area contributed by atoms with E-state index in [9.17, 15) is 4.79 Å². The van der Waals surface area contributed by atoms with Crippen LogP contribution in [0, 0.1) is 6.92 Å². The van der Waals surface area contributed by atoms with Gasteiger partial charge in [0.15, 0.2) is 0 Å². The van der Waals surface area contributed by atoms with E-state index in [0.29, 0.717) is 0 Å². The molecule has 0 unspecified atom stereocenters. The highest BCUT2D eigenvalue weighted by atomic mass is 16.1. The molecule has 22 heavy (non-hydrogen) atoms. The highest BCUT2D eigenvalue weighted by Crippen LogP contribution is 2.36. The molecule has 0 saturated carbocycles. The monoisotopic (exact) mass is 286 g/mol. The van der Waals surface area contributed by atoms with Gasteiger partial charge < -0.3 is 9.97 Å². The summed E-state index contributed by atoms with van der Waals surface area (Å²) in [4.78, 5) is 19.5. The Hall–Kier alpha value is -2.81. The van der Waals surface area contributed by atoms with E-state index in [4.69, 9.17) is 0 Å². The van der Waals surface area contributed by atoms with Crippen LogP contribution in [0.4, 0.5) is 0 Å². The van der Waals surface area contributed by atoms with Crippen molar-refractivity contribution in [2.24, 2.45) is 0 Å². The van der Waals surface area contributed by atoms with Gasteiger partial charge in [0.2, 0.25) is 5.78 Å². The smallest absolute Gasteiger partial charge is 0.225 e. The Morgan fingerprint density at radius 1 is 0.864 bits per heavy atom. The first-order chi connectivity index (χ1) is 10.7. The molecule has 106 valence electrons. The molecule has 4 aromatic rings. The van der Waals surface area contributed by atoms with Gasteiger partial charge in [-0.3, -0.25) is 4.79 Å². The maximum atomic E-state index is 12.9. The van der Waals surface area contributed by atoms with Crippen molar-refractivity contribution in [3.63, 3.8) is 0 Å². The Kier molecular flexibility index (Phi) is 2.09. The van der Waals surface area contributed by atoms with E-state index in [1.54, 1.807) is 0 Å². The van der Waals surface area contributed by atoms with Crippen molar-refractivity contribution in [2.75, 3.05) is 0 Å². The van der Waals surface area contributed by atoms with Crippen molar-refractivity contribution >= 4 is 27.6 Å². The van der Waals surface area contributed by atoms with Crippen molar-refractivity contribution in [3.8, 4) is 0 Å². The Bertz CT molecular complexity index is 1080. The van der Waals surface area contributed by atoms with Gasteiger partial charge in [-0.2, -0.15) is 0 Å². The van der Waals surface area contributed by atoms with Gasteiger partial charge in [-0.1, -0.05) is 29.8 Å². The summed E-state index contributed by atoms with van der Waals surface area (Å²) in [6.45, 7) is 2.08. The number of ketones is 1. The zero-order valence-corrected chi connectivity index (χ0v) is 12.2. The molecule has 2 aromatic carbocycles. The number of carbonyl (C=O) groups excluding carboxylic acids is 1. The second-order valence-corrected chi connectivity index (χ2v) is 6.06. The Balaban J connectivity index is 1.85. The summed E-state index contributed by atoms with van der Waals surface area (Å²) in [6, 6.07) is 14.4. The molecular formula is C19H14N2O. The first-order valence-corrected chi connectivity index (χ1v) is 7.48. The average molecular weight is 286 g/mol. The summed E-state index contributed by atoms with van der Waals surface area (Å²) < 4.78 is 0. The molecule has 0 saturated heterocycles. The lowest BCUT2D eigenvalue weighted by molar-refractivity contribution is 0.102. The number of nitrogens with one attached hydrogen (secondary N) is 2. The second-order valence-electron chi connectivity index (χ2n) is 6.06. The standard InChI is InChI=1S/C19H14N2O/c1-10-6-7-16-12(8-10)14-9-13-11-4-2-3-5-15(11)20-17(13)19(22)18(14)21-16/h2-8,20-21H,9H2,1H3. The van der Waals surface area contributed by atoms with Crippen LogP contribution >= 0.6 is 0 Å². The van der Waals surface area contributed by atoms with Crippen LogP contribution < -0.4 is 0 Å². The van der Waals surface area contributed by atoms with Gasteiger partial charge in [0.05, 0.1) is 11.4 Å². The molecule has 1 aliphatic rings. The molecule has 2 N–H and O–H groups in total. The topological polar surface area (TPSA) is 48.6 Å². The number of hydrogen-bond donors (Lipinski definition) is 2. The first kappa shape index (κ1) is 11.8. The van der Waals surface area contributed by atoms with Crippen molar-refractivity contribution in [3.05, 3.63) is 70.5 Å². The fraction of sp³-hybridized carbons (Fsp3) is 0.105. The van der Waals surface area contributed by atoms with Crippen LogP contribution in [0.5, 0.6) is 0 Å². The summed E-state index contributed by atoms with van der Waals surface area (Å²) in [6.07, 6.45) is 0.796. The molecule has 0 amide bonds. The quantitative estimate of drug-likeness (QED) is 0.442. The van der Waals surface area contributed by atoms with Crippen molar-refractivity contribution in [2.45, 2.75) is 13.3 Å². The number of H-pyrrole nitrogens is 2. The first-order valence-electron chi connectivity index (χ1n) is 7.48. The minimum absolute atomic E-state index is 0.0707. The van der Waals surface area contributed by atoms with Crippen molar-refractivity contribution < 1.29 is 4.79 Å². The number of aryl methyl sites for hydroxylation is 1. The molecule has 2 aromatic heterocycles. The van der Waals surface area contributed by atoms with Gasteiger partial charge in [0.1, 0.15) is 0 Å². The fourth-order valence-electron chi connectivity index (χ4n) is 3.62. The predicted molar refractivity (Wildman–Crippen MR) is 87.6 cm³/mol. The molecule has 3 nitrogen and oxygen atoms in total. The van der Waals surface area contributed by atoms with E-state index in [1.807, 2.05) is 18.2 Å². The van der Waals surface area contributed by atoms with E-state index in [2.05, 4.69) is 41.2 Å². The van der Waals surface area contributed by atoms with Crippen molar-refractivity contribution in [1.29, 1.82) is 0 Å². The molecule has 5 rings (SSSR count). The van der Waals surface area contributed by atoms with Crippen LogP contribution in [-0.4, -0.2) is 15.8 Å². The van der Waals surface area contributed by atoms with Gasteiger partial charge in [0.25, 0.3) is 0 Å². The van der Waals surface area contributed by atoms with Gasteiger partial charge >= 0.3 is 0 Å². The lowest BCUT2D eigenvalue weighted by Crippen LogP contribution is -2.13. The van der Waals surface area contributed by atoms with Crippen LogP contribution in [0.25, 0.3) is 21.8 Å². The van der Waals surface area contributed by atoms with Gasteiger partial charge in [-0.05, 0) is 36.2 Å². The summed E-state index contributed by atoms with van der Waals surface area (Å²) in [7, 11) is 0. The van der Waals surface area contributed by atoms with E-state index >= 15 is 0 Å². The minimum atomic E-state index is 0.0707. The summed E-state index contributed by atoms with van der Waals surface area (Å²) >= 11 is 0. The summed E-state index contributed by atoms with van der Waals surface area (Å²) in [5.74, 6) is 0.0707. The number of aromatic amines is 2. The van der Waals surface area contributed by atoms with E-state index < -0.39 is 0 Å². The molecular weight excluding hydrogens is 272 g/mol. The van der Waals surface area contributed by atoms with E-state index in [-0.39, 0.29) is 5.78 Å². The highest BCUT2D eigenvalue weighted by molar-refractivity contribution is 6.16. The van der Waals surface area contributed by atoms with Crippen LogP contribution in [0.1, 0.15) is 32.9 Å². The predicted octanol–water partition coefficient (Wildman–Crippen LogP) is 4.09. The number of benzene rings is 2. The minimum Gasteiger partial charge on any atom is -0.352 e. The van der Waals surface area contributed by atoms with Crippen LogP contribution in [0.2, 0.25) is 0 Å². The average Bonchev–Trinajstić information content (AvgIpc) is 3.07. The second kappa shape index (κ2) is 3.89. The number of hydrogen-bond acceptors (Lipinski definition) is 1. The maximum absolute atomic E-state index is 12.9. The van der Waals surface area contributed by atoms with Gasteiger partial charge in [0, 0.05) is 28.2 Å². The Morgan fingerprint density at radius 3 is 2.36 bits per heavy atom. The number of fused-ring (bicyclic) bond motifs is 6. The molecule has 0 aliphatic heterocycles. The SMILES string of the molecule is Cc1ccc2[nH]c3c(c2c1)Cc1c([nH]c2ccccc12)C3=O. The number of aromatic nitrogens is 2. The Labute approximate surface area is 127 Å². The molecule has 0 spiro atoms. The van der Waals surface area contributed by atoms with Gasteiger partial charge in [-0.25, -0.2) is 0 Å². The molecule has 3 heteroatoms. The zero-order valence-electron chi connectivity index (χ0n) is 12.2.